The summed E-state index contributed by atoms with van der Waals surface area (Å²) in [5.74, 6) is 0.681. The lowest BCUT2D eigenvalue weighted by Crippen LogP contribution is -2.25. The molecule has 0 radical (unpaired) electrons. The Morgan fingerprint density at radius 2 is 2.29 bits per heavy atom. The molecule has 6 heteroatoms. The number of hydrogen-bond acceptors (Lipinski definition) is 4. The molecule has 0 fully saturated rings. The van der Waals surface area contributed by atoms with Gasteiger partial charge in [0, 0.05) is 19.2 Å². The van der Waals surface area contributed by atoms with Crippen LogP contribution in [0.15, 0.2) is 30.7 Å². The molecule has 1 amide bonds. The van der Waals surface area contributed by atoms with Gasteiger partial charge >= 0.3 is 0 Å². The Morgan fingerprint density at radius 3 is 3.00 bits per heavy atom. The van der Waals surface area contributed by atoms with Crippen LogP contribution in [0.2, 0.25) is 0 Å². The van der Waals surface area contributed by atoms with Gasteiger partial charge in [-0.05, 0) is 18.6 Å². The summed E-state index contributed by atoms with van der Waals surface area (Å²) in [6, 6.07) is 5.25. The highest BCUT2D eigenvalue weighted by atomic mass is 16.1. The largest absolute Gasteiger partial charge is 0.351 e. The topological polar surface area (TPSA) is 83.6 Å². The van der Waals surface area contributed by atoms with Gasteiger partial charge in [0.05, 0.1) is 0 Å². The van der Waals surface area contributed by atoms with Gasteiger partial charge in [0.15, 0.2) is 0 Å². The number of aryl methyl sites for hydroxylation is 1. The Balaban J connectivity index is 1.70. The van der Waals surface area contributed by atoms with Crippen LogP contribution in [0.3, 0.4) is 0 Å². The number of nitrogens with zero attached hydrogens (tertiary/aromatic N) is 3. The van der Waals surface area contributed by atoms with Crippen LogP contribution in [0, 0.1) is 0 Å². The summed E-state index contributed by atoms with van der Waals surface area (Å²) in [6.07, 6.45) is 4.65. The van der Waals surface area contributed by atoms with Crippen LogP contribution < -0.4 is 5.32 Å². The third kappa shape index (κ3) is 3.37. The van der Waals surface area contributed by atoms with Crippen LogP contribution in [-0.4, -0.2) is 32.6 Å². The molecule has 0 bridgehead atoms. The molecule has 0 unspecified atom stereocenters. The van der Waals surface area contributed by atoms with Crippen LogP contribution in [0.1, 0.15) is 22.7 Å². The standard InChI is InChI=1S/C11H13N5O/c17-11(9-4-1-2-6-12-9)13-7-3-5-10-14-8-15-16-10/h1-2,4,6,8H,3,5,7H2,(H,13,17)(H,14,15,16). The number of carbonyl (C=O) groups excluding carboxylic acids is 1. The maximum atomic E-state index is 11.6. The zero-order valence-corrected chi connectivity index (χ0v) is 9.26. The van der Waals surface area contributed by atoms with Crippen LogP contribution in [-0.2, 0) is 6.42 Å². The molecule has 2 heterocycles. The van der Waals surface area contributed by atoms with Crippen molar-refractivity contribution in [2.75, 3.05) is 6.54 Å². The fourth-order valence-electron chi connectivity index (χ4n) is 1.40. The number of nitrogens with one attached hydrogen (secondary N) is 2. The fourth-order valence-corrected chi connectivity index (χ4v) is 1.40. The number of aromatic amines is 1. The van der Waals surface area contributed by atoms with E-state index >= 15 is 0 Å². The number of carbonyl (C=O) groups is 1. The molecule has 88 valence electrons. The first-order valence-corrected chi connectivity index (χ1v) is 5.40. The highest BCUT2D eigenvalue weighted by Crippen LogP contribution is 1.94. The Labute approximate surface area is 98.5 Å². The van der Waals surface area contributed by atoms with Gasteiger partial charge in [0.2, 0.25) is 0 Å². The van der Waals surface area contributed by atoms with E-state index in [0.717, 1.165) is 18.7 Å². The lowest BCUT2D eigenvalue weighted by atomic mass is 10.3. The van der Waals surface area contributed by atoms with Crippen molar-refractivity contribution in [2.24, 2.45) is 0 Å². The number of H-pyrrole nitrogens is 1. The van der Waals surface area contributed by atoms with Crippen molar-refractivity contribution >= 4 is 5.91 Å². The SMILES string of the molecule is O=C(NCCCc1ncn[nH]1)c1ccccn1. The Morgan fingerprint density at radius 1 is 1.35 bits per heavy atom. The van der Waals surface area contributed by atoms with Gasteiger partial charge in [-0.1, -0.05) is 6.07 Å². The van der Waals surface area contributed by atoms with Gasteiger partial charge in [-0.3, -0.25) is 14.9 Å². The number of aromatic nitrogens is 4. The number of amides is 1. The van der Waals surface area contributed by atoms with Gasteiger partial charge < -0.3 is 5.32 Å². The quantitative estimate of drug-likeness (QED) is 0.736. The van der Waals surface area contributed by atoms with E-state index in [-0.39, 0.29) is 5.91 Å². The van der Waals surface area contributed by atoms with Crippen LogP contribution >= 0.6 is 0 Å². The minimum atomic E-state index is -0.150. The Bertz CT molecular complexity index is 454. The van der Waals surface area contributed by atoms with Crippen molar-refractivity contribution in [2.45, 2.75) is 12.8 Å². The molecule has 2 aromatic rings. The summed E-state index contributed by atoms with van der Waals surface area (Å²) in [7, 11) is 0. The number of hydrogen-bond donors (Lipinski definition) is 2. The molecule has 2 rings (SSSR count). The maximum absolute atomic E-state index is 11.6. The van der Waals surface area contributed by atoms with Crippen molar-refractivity contribution in [1.29, 1.82) is 0 Å². The number of rotatable bonds is 5. The van der Waals surface area contributed by atoms with E-state index in [2.05, 4.69) is 25.5 Å². The maximum Gasteiger partial charge on any atom is 0.269 e. The van der Waals surface area contributed by atoms with Crippen molar-refractivity contribution in [1.82, 2.24) is 25.5 Å². The fraction of sp³-hybridized carbons (Fsp3) is 0.273. The van der Waals surface area contributed by atoms with E-state index in [1.807, 2.05) is 0 Å². The van der Waals surface area contributed by atoms with E-state index < -0.39 is 0 Å². The first-order chi connectivity index (χ1) is 8.36. The van der Waals surface area contributed by atoms with Crippen LogP contribution in [0.5, 0.6) is 0 Å². The predicted octanol–water partition coefficient (Wildman–Crippen LogP) is 0.562. The minimum Gasteiger partial charge on any atom is -0.351 e. The van der Waals surface area contributed by atoms with Gasteiger partial charge in [-0.25, -0.2) is 4.98 Å². The second-order valence-corrected chi connectivity index (χ2v) is 3.51. The minimum absolute atomic E-state index is 0.150. The molecule has 17 heavy (non-hydrogen) atoms. The first kappa shape index (κ1) is 11.3. The molecule has 0 aliphatic carbocycles. The van der Waals surface area contributed by atoms with Crippen molar-refractivity contribution in [3.8, 4) is 0 Å². The molecular weight excluding hydrogens is 218 g/mol. The summed E-state index contributed by atoms with van der Waals surface area (Å²) in [5, 5.41) is 9.32. The average molecular weight is 231 g/mol. The molecule has 0 spiro atoms. The summed E-state index contributed by atoms with van der Waals surface area (Å²) >= 11 is 0. The second kappa shape index (κ2) is 5.74. The zero-order valence-electron chi connectivity index (χ0n) is 9.26. The van der Waals surface area contributed by atoms with E-state index in [1.54, 1.807) is 24.4 Å². The predicted molar refractivity (Wildman–Crippen MR) is 61.3 cm³/mol. The number of pyridine rings is 1. The normalized spacial score (nSPS) is 10.1. The zero-order chi connectivity index (χ0) is 11.9. The van der Waals surface area contributed by atoms with Gasteiger partial charge in [-0.15, -0.1) is 0 Å². The highest BCUT2D eigenvalue weighted by Gasteiger charge is 2.04. The Hall–Kier alpha value is -2.24. The third-order valence-corrected chi connectivity index (χ3v) is 2.24. The first-order valence-electron chi connectivity index (χ1n) is 5.40. The van der Waals surface area contributed by atoms with Crippen molar-refractivity contribution in [3.63, 3.8) is 0 Å². The van der Waals surface area contributed by atoms with Crippen molar-refractivity contribution < 1.29 is 4.79 Å². The van der Waals surface area contributed by atoms with E-state index in [9.17, 15) is 4.79 Å². The van der Waals surface area contributed by atoms with Crippen LogP contribution in [0.4, 0.5) is 0 Å². The second-order valence-electron chi connectivity index (χ2n) is 3.51. The molecule has 0 aliphatic rings. The molecule has 6 nitrogen and oxygen atoms in total. The molecule has 2 N–H and O–H groups in total. The van der Waals surface area contributed by atoms with E-state index in [1.165, 1.54) is 6.33 Å². The molecule has 0 aliphatic heterocycles. The van der Waals surface area contributed by atoms with Crippen LogP contribution in [0.25, 0.3) is 0 Å². The molecule has 2 aromatic heterocycles. The lowest BCUT2D eigenvalue weighted by Gasteiger charge is -2.03. The third-order valence-electron chi connectivity index (χ3n) is 2.24. The molecular formula is C11H13N5O. The van der Waals surface area contributed by atoms with Gasteiger partial charge in [-0.2, -0.15) is 5.10 Å². The van der Waals surface area contributed by atoms with E-state index in [4.69, 9.17) is 0 Å². The summed E-state index contributed by atoms with van der Waals surface area (Å²) in [5.41, 5.74) is 0.437. The summed E-state index contributed by atoms with van der Waals surface area (Å²) in [4.78, 5) is 19.6. The molecule has 0 aromatic carbocycles. The van der Waals surface area contributed by atoms with E-state index in [0.29, 0.717) is 12.2 Å². The monoisotopic (exact) mass is 231 g/mol. The highest BCUT2D eigenvalue weighted by molar-refractivity contribution is 5.92. The summed E-state index contributed by atoms with van der Waals surface area (Å²) < 4.78 is 0. The van der Waals surface area contributed by atoms with Gasteiger partial charge in [0.25, 0.3) is 5.91 Å². The average Bonchev–Trinajstić information content (AvgIpc) is 2.88. The molecule has 0 saturated heterocycles. The molecule has 0 saturated carbocycles. The Kier molecular flexibility index (Phi) is 3.80. The van der Waals surface area contributed by atoms with Crippen molar-refractivity contribution in [3.05, 3.63) is 42.2 Å². The summed E-state index contributed by atoms with van der Waals surface area (Å²) in [6.45, 7) is 0.593. The van der Waals surface area contributed by atoms with Gasteiger partial charge in [0.1, 0.15) is 17.8 Å². The molecule has 0 atom stereocenters. The lowest BCUT2D eigenvalue weighted by molar-refractivity contribution is 0.0948. The smallest absolute Gasteiger partial charge is 0.269 e.